The van der Waals surface area contributed by atoms with Gasteiger partial charge in [-0.2, -0.15) is 18.4 Å². The lowest BCUT2D eigenvalue weighted by molar-refractivity contribution is -0.384. The number of nitro groups is 1. The summed E-state index contributed by atoms with van der Waals surface area (Å²) in [6.07, 6.45) is -3.93. The minimum atomic E-state index is -4.44. The number of non-ortho nitro benzene ring substituents is 1. The van der Waals surface area contributed by atoms with Crippen molar-refractivity contribution in [1.29, 1.82) is 5.26 Å². The van der Waals surface area contributed by atoms with E-state index in [9.17, 15) is 33.3 Å². The van der Waals surface area contributed by atoms with Crippen molar-refractivity contribution in [3.05, 3.63) is 116 Å². The fourth-order valence-corrected chi connectivity index (χ4v) is 4.36. The van der Waals surface area contributed by atoms with Crippen LogP contribution in [0.5, 0.6) is 0 Å². The largest absolute Gasteiger partial charge is 0.416 e. The van der Waals surface area contributed by atoms with Gasteiger partial charge in [0.2, 0.25) is 5.91 Å². The van der Waals surface area contributed by atoms with Gasteiger partial charge in [0.1, 0.15) is 0 Å². The number of halogens is 3. The van der Waals surface area contributed by atoms with Gasteiger partial charge in [0, 0.05) is 43.9 Å². The fourth-order valence-electron chi connectivity index (χ4n) is 4.36. The Hall–Kier alpha value is -4.49. The van der Waals surface area contributed by atoms with Gasteiger partial charge >= 0.3 is 6.18 Å². The van der Waals surface area contributed by atoms with E-state index >= 15 is 0 Å². The van der Waals surface area contributed by atoms with Crippen molar-refractivity contribution >= 4 is 17.2 Å². The summed E-state index contributed by atoms with van der Waals surface area (Å²) in [6, 6.07) is 19.9. The van der Waals surface area contributed by atoms with Crippen LogP contribution in [0.25, 0.3) is 5.57 Å². The number of nitriles is 1. The maximum atomic E-state index is 13.3. The zero-order chi connectivity index (χ0) is 27.3. The maximum absolute atomic E-state index is 13.3. The average molecular weight is 521 g/mol. The lowest BCUT2D eigenvalue weighted by atomic mass is 9.92. The Morgan fingerprint density at radius 1 is 1.05 bits per heavy atom. The molecule has 0 saturated carbocycles. The molecule has 1 aliphatic rings. The number of carbonyl (C=O) groups excluding carboxylic acids is 1. The molecule has 1 aliphatic heterocycles. The average Bonchev–Trinajstić information content (AvgIpc) is 2.91. The normalized spacial score (nSPS) is 14.2. The van der Waals surface area contributed by atoms with Gasteiger partial charge in [0.05, 0.1) is 22.1 Å². The molecule has 4 rings (SSSR count). The topological polar surface area (TPSA) is 99.3 Å². The van der Waals surface area contributed by atoms with E-state index in [0.29, 0.717) is 48.3 Å². The van der Waals surface area contributed by atoms with Crippen LogP contribution in [-0.2, 0) is 24.1 Å². The van der Waals surface area contributed by atoms with Gasteiger partial charge in [-0.05, 0) is 65.1 Å². The molecule has 3 aromatic rings. The SMILES string of the molecule is N#Cc1cccc(CN2CCC(c3ccc([N+](=O)[O-])cc3)=C(C(=O)NCc3ccc(C(F)(F)F)cc3)C2)c1. The van der Waals surface area contributed by atoms with E-state index < -0.39 is 16.7 Å². The second-order valence-corrected chi connectivity index (χ2v) is 8.91. The van der Waals surface area contributed by atoms with Crippen LogP contribution in [0.3, 0.4) is 0 Å². The third kappa shape index (κ3) is 6.44. The second kappa shape index (κ2) is 11.3. The van der Waals surface area contributed by atoms with Gasteiger partial charge in [-0.15, -0.1) is 0 Å². The standard InChI is InChI=1S/C28H23F3N4O3/c29-28(30,31)23-8-4-19(5-9-23)16-33-27(36)26-18-34(17-21-3-1-2-20(14-21)15-32)13-12-25(26)22-6-10-24(11-7-22)35(37)38/h1-11,14H,12-13,16-18H2,(H,33,36). The summed E-state index contributed by atoms with van der Waals surface area (Å²) in [6.45, 7) is 1.47. The Morgan fingerprint density at radius 3 is 2.39 bits per heavy atom. The van der Waals surface area contributed by atoms with Crippen molar-refractivity contribution in [2.45, 2.75) is 25.7 Å². The molecule has 1 amide bonds. The highest BCUT2D eigenvalue weighted by Gasteiger charge is 2.30. The highest BCUT2D eigenvalue weighted by atomic mass is 19.4. The molecule has 0 fully saturated rings. The number of hydrogen-bond donors (Lipinski definition) is 1. The highest BCUT2D eigenvalue weighted by molar-refractivity contribution is 6.02. The number of amides is 1. The molecule has 0 aromatic heterocycles. The summed E-state index contributed by atoms with van der Waals surface area (Å²) in [7, 11) is 0. The predicted molar refractivity (Wildman–Crippen MR) is 134 cm³/mol. The van der Waals surface area contributed by atoms with Gasteiger partial charge in [-0.1, -0.05) is 24.3 Å². The number of carbonyl (C=O) groups is 1. The molecule has 38 heavy (non-hydrogen) atoms. The van der Waals surface area contributed by atoms with Crippen molar-refractivity contribution < 1.29 is 22.9 Å². The molecule has 0 unspecified atom stereocenters. The fraction of sp³-hybridized carbons (Fsp3) is 0.214. The Bertz CT molecular complexity index is 1410. The Labute approximate surface area is 217 Å². The molecule has 7 nitrogen and oxygen atoms in total. The first-order valence-corrected chi connectivity index (χ1v) is 11.8. The summed E-state index contributed by atoms with van der Waals surface area (Å²) in [4.78, 5) is 26.0. The van der Waals surface area contributed by atoms with Gasteiger partial charge in [-0.3, -0.25) is 19.8 Å². The number of nitrogens with zero attached hydrogens (tertiary/aromatic N) is 3. The number of alkyl halides is 3. The summed E-state index contributed by atoms with van der Waals surface area (Å²) < 4.78 is 38.6. The molecular weight excluding hydrogens is 497 g/mol. The molecular formula is C28H23F3N4O3. The zero-order valence-corrected chi connectivity index (χ0v) is 20.2. The van der Waals surface area contributed by atoms with Gasteiger partial charge in [0.15, 0.2) is 0 Å². The zero-order valence-electron chi connectivity index (χ0n) is 20.2. The van der Waals surface area contributed by atoms with E-state index in [1.165, 1.54) is 24.3 Å². The van der Waals surface area contributed by atoms with Gasteiger partial charge in [0.25, 0.3) is 5.69 Å². The monoisotopic (exact) mass is 520 g/mol. The predicted octanol–water partition coefficient (Wildman–Crippen LogP) is 5.46. The molecule has 1 heterocycles. The van der Waals surface area contributed by atoms with E-state index in [2.05, 4.69) is 16.3 Å². The molecule has 0 radical (unpaired) electrons. The third-order valence-corrected chi connectivity index (χ3v) is 6.32. The van der Waals surface area contributed by atoms with Crippen LogP contribution in [-0.4, -0.2) is 28.8 Å². The Morgan fingerprint density at radius 2 is 1.76 bits per heavy atom. The van der Waals surface area contributed by atoms with E-state index in [1.807, 2.05) is 6.07 Å². The van der Waals surface area contributed by atoms with Crippen LogP contribution in [0.2, 0.25) is 0 Å². The molecule has 0 atom stereocenters. The number of hydrogen-bond acceptors (Lipinski definition) is 5. The van der Waals surface area contributed by atoms with Crippen LogP contribution in [0, 0.1) is 21.4 Å². The summed E-state index contributed by atoms with van der Waals surface area (Å²) in [5, 5.41) is 23.0. The number of benzene rings is 3. The van der Waals surface area contributed by atoms with Crippen molar-refractivity contribution in [2.24, 2.45) is 0 Å². The molecule has 0 bridgehead atoms. The molecule has 0 saturated heterocycles. The lowest BCUT2D eigenvalue weighted by Crippen LogP contribution is -2.37. The van der Waals surface area contributed by atoms with Crippen LogP contribution in [0.15, 0.2) is 78.4 Å². The minimum Gasteiger partial charge on any atom is -0.348 e. The van der Waals surface area contributed by atoms with Crippen LogP contribution >= 0.6 is 0 Å². The number of nitro benzene ring substituents is 1. The first kappa shape index (κ1) is 26.6. The van der Waals surface area contributed by atoms with Crippen molar-refractivity contribution in [1.82, 2.24) is 10.2 Å². The summed E-state index contributed by atoms with van der Waals surface area (Å²) in [5.41, 5.74) is 3.09. The smallest absolute Gasteiger partial charge is 0.348 e. The number of nitrogens with one attached hydrogen (secondary N) is 1. The number of rotatable bonds is 7. The highest BCUT2D eigenvalue weighted by Crippen LogP contribution is 2.31. The molecule has 3 aromatic carbocycles. The van der Waals surface area contributed by atoms with Crippen LogP contribution in [0.1, 0.15) is 34.2 Å². The lowest BCUT2D eigenvalue weighted by Gasteiger charge is -2.30. The molecule has 194 valence electrons. The Balaban J connectivity index is 1.56. The van der Waals surface area contributed by atoms with Crippen molar-refractivity contribution in [3.63, 3.8) is 0 Å². The first-order chi connectivity index (χ1) is 18.1. The van der Waals surface area contributed by atoms with E-state index in [4.69, 9.17) is 0 Å². The minimum absolute atomic E-state index is 0.0399. The first-order valence-electron chi connectivity index (χ1n) is 11.8. The second-order valence-electron chi connectivity index (χ2n) is 8.91. The Kier molecular flexibility index (Phi) is 7.88. The van der Waals surface area contributed by atoms with Gasteiger partial charge in [-0.25, -0.2) is 0 Å². The van der Waals surface area contributed by atoms with Crippen molar-refractivity contribution in [2.75, 3.05) is 13.1 Å². The maximum Gasteiger partial charge on any atom is 0.416 e. The van der Waals surface area contributed by atoms with E-state index in [-0.39, 0.29) is 18.1 Å². The summed E-state index contributed by atoms with van der Waals surface area (Å²) in [5.74, 6) is -0.367. The molecule has 1 N–H and O–H groups in total. The van der Waals surface area contributed by atoms with E-state index in [0.717, 1.165) is 23.3 Å². The third-order valence-electron chi connectivity index (χ3n) is 6.32. The van der Waals surface area contributed by atoms with Crippen LogP contribution < -0.4 is 5.32 Å². The quantitative estimate of drug-likeness (QED) is 0.329. The molecule has 0 aliphatic carbocycles. The summed E-state index contributed by atoms with van der Waals surface area (Å²) >= 11 is 0. The van der Waals surface area contributed by atoms with Crippen LogP contribution in [0.4, 0.5) is 18.9 Å². The molecule has 0 spiro atoms. The van der Waals surface area contributed by atoms with Crippen molar-refractivity contribution in [3.8, 4) is 6.07 Å². The van der Waals surface area contributed by atoms with Gasteiger partial charge < -0.3 is 5.32 Å². The van der Waals surface area contributed by atoms with E-state index in [1.54, 1.807) is 30.3 Å². The molecule has 10 heteroatoms.